The number of hydrogen-bond acceptors (Lipinski definition) is 7. The second kappa shape index (κ2) is 25.0. The number of nitrogens with zero attached hydrogens (tertiary/aromatic N) is 6. The Morgan fingerprint density at radius 2 is 1.02 bits per heavy atom. The van der Waals surface area contributed by atoms with Crippen molar-refractivity contribution >= 4 is 40.3 Å². The molecule has 0 atom stereocenters. The molecule has 0 aliphatic rings. The van der Waals surface area contributed by atoms with E-state index in [-0.39, 0.29) is 29.7 Å². The van der Waals surface area contributed by atoms with E-state index < -0.39 is 0 Å². The van der Waals surface area contributed by atoms with E-state index >= 15 is 0 Å². The van der Waals surface area contributed by atoms with E-state index in [9.17, 15) is 0 Å². The predicted octanol–water partition coefficient (Wildman–Crippen LogP) is 11.3. The minimum Gasteiger partial charge on any atom is -0.262 e. The zero-order chi connectivity index (χ0) is 28.3. The average Bonchev–Trinajstić information content (AvgIpc) is 3.37. The third-order valence-corrected chi connectivity index (χ3v) is 5.47. The van der Waals surface area contributed by atoms with Gasteiger partial charge in [0, 0.05) is 30.6 Å². The minimum absolute atomic E-state index is 0. The molecule has 7 heteroatoms. The van der Waals surface area contributed by atoms with Gasteiger partial charge in [-0.05, 0) is 94.3 Å². The van der Waals surface area contributed by atoms with Crippen molar-refractivity contribution in [1.82, 2.24) is 10.2 Å². The van der Waals surface area contributed by atoms with E-state index in [0.29, 0.717) is 5.13 Å². The van der Waals surface area contributed by atoms with Crippen LogP contribution in [0, 0.1) is 30.6 Å². The first-order valence-corrected chi connectivity index (χ1v) is 13.1. The molecule has 0 aliphatic carbocycles. The highest BCUT2D eigenvalue weighted by molar-refractivity contribution is 7.14. The molecule has 0 radical (unpaired) electrons. The van der Waals surface area contributed by atoms with Crippen LogP contribution in [-0.2, 0) is 0 Å². The lowest BCUT2D eigenvalue weighted by molar-refractivity contribution is 1.02. The quantitative estimate of drug-likeness (QED) is 0.133. The molecule has 0 fully saturated rings. The van der Waals surface area contributed by atoms with Crippen LogP contribution in [0.3, 0.4) is 0 Å². The molecule has 0 saturated heterocycles. The van der Waals surface area contributed by atoms with E-state index in [4.69, 9.17) is 0 Å². The Bertz CT molecular complexity index is 1400. The van der Waals surface area contributed by atoms with Crippen molar-refractivity contribution in [2.45, 2.75) is 64.3 Å². The van der Waals surface area contributed by atoms with Gasteiger partial charge in [0.25, 0.3) is 5.13 Å². The molecule has 228 valence electrons. The molecule has 0 N–H and O–H groups in total. The van der Waals surface area contributed by atoms with Crippen LogP contribution in [-0.4, -0.2) is 29.7 Å². The summed E-state index contributed by atoms with van der Waals surface area (Å²) in [6.45, 7) is 9.38. The Labute approximate surface area is 265 Å². The van der Waals surface area contributed by atoms with E-state index in [2.05, 4.69) is 78.4 Å². The van der Waals surface area contributed by atoms with Crippen molar-refractivity contribution in [3.05, 3.63) is 88.9 Å². The van der Waals surface area contributed by atoms with Crippen molar-refractivity contribution in [2.75, 3.05) is 7.05 Å². The monoisotopic (exact) mass is 596 g/mol. The van der Waals surface area contributed by atoms with Crippen molar-refractivity contribution < 1.29 is 0 Å². The molecule has 0 spiro atoms. The van der Waals surface area contributed by atoms with Crippen LogP contribution < -0.4 is 0 Å². The van der Waals surface area contributed by atoms with Crippen molar-refractivity contribution in [1.29, 1.82) is 0 Å². The summed E-state index contributed by atoms with van der Waals surface area (Å²) in [5.74, 6) is 11.7. The molecule has 4 rings (SSSR count). The molecule has 1 aromatic heterocycles. The van der Waals surface area contributed by atoms with Gasteiger partial charge in [-0.15, -0.1) is 27.2 Å². The Hall–Kier alpha value is -4.72. The van der Waals surface area contributed by atoms with E-state index in [1.165, 1.54) is 22.5 Å². The Morgan fingerprint density at radius 1 is 0.628 bits per heavy atom. The van der Waals surface area contributed by atoms with Gasteiger partial charge in [-0.25, -0.2) is 0 Å². The lowest BCUT2D eigenvalue weighted by Crippen LogP contribution is -1.76. The predicted molar refractivity (Wildman–Crippen MR) is 193 cm³/mol. The molecule has 6 nitrogen and oxygen atoms in total. The molecule has 3 aromatic carbocycles. The Balaban J connectivity index is -0.000000565. The maximum atomic E-state index is 4.24. The van der Waals surface area contributed by atoms with Crippen LogP contribution in [0.4, 0.5) is 16.5 Å². The van der Waals surface area contributed by atoms with Crippen molar-refractivity contribution in [3.8, 4) is 34.8 Å². The number of aryl methyl sites for hydroxylation is 1. The Morgan fingerprint density at radius 3 is 1.30 bits per heavy atom. The highest BCUT2D eigenvalue weighted by atomic mass is 32.1. The van der Waals surface area contributed by atoms with Gasteiger partial charge in [-0.1, -0.05) is 77.1 Å². The zero-order valence-corrected chi connectivity index (χ0v) is 24.0. The normalized spacial score (nSPS) is 9.16. The van der Waals surface area contributed by atoms with Gasteiger partial charge in [0.1, 0.15) is 5.01 Å². The molecule has 0 bridgehead atoms. The topological polar surface area (TPSA) is 75.2 Å². The fourth-order valence-electron chi connectivity index (χ4n) is 3.12. The smallest absolute Gasteiger partial charge is 0.251 e. The van der Waals surface area contributed by atoms with Crippen LogP contribution >= 0.6 is 11.3 Å². The number of azo groups is 1. The highest BCUT2D eigenvalue weighted by Crippen LogP contribution is 2.24. The molecule has 4 aromatic rings. The van der Waals surface area contributed by atoms with Gasteiger partial charge in [0.15, 0.2) is 0 Å². The number of aromatic nitrogens is 2. The number of benzene rings is 3. The van der Waals surface area contributed by atoms with Gasteiger partial charge in [0.2, 0.25) is 0 Å². The summed E-state index contributed by atoms with van der Waals surface area (Å²) in [5, 5.41) is 16.2. The molecule has 1 heterocycles. The fourth-order valence-corrected chi connectivity index (χ4v) is 3.67. The Kier molecular flexibility index (Phi) is 24.9. The first kappa shape index (κ1) is 42.7. The third kappa shape index (κ3) is 16.3. The maximum Gasteiger partial charge on any atom is 0.251 e. The van der Waals surface area contributed by atoms with E-state index in [0.717, 1.165) is 27.5 Å². The summed E-state index contributed by atoms with van der Waals surface area (Å²) >= 11 is 1.43. The lowest BCUT2D eigenvalue weighted by atomic mass is 10.1. The number of aliphatic imine (C=N–C) groups is 2. The summed E-state index contributed by atoms with van der Waals surface area (Å²) in [4.78, 5) is 8.47. The molecule has 0 amide bonds. The largest absolute Gasteiger partial charge is 0.262 e. The standard InChI is InChI=1S/C16H16N2.C12H10.C4H6N4S.4CH4/c1-3-17-15-9-5-13(6-10-15)14-7-11-16(12-8-14)18-4-2;1-3-5-11-7-9-12(6-4-2)10-8-11;1-3-6-8-4(9-3)7-5-2;;;;/h3-12H,1-2H3;7-10H,1-2H3;1-2H3;4*1H4. The lowest BCUT2D eigenvalue weighted by Gasteiger charge is -2.02. The molecule has 0 unspecified atom stereocenters. The fraction of sp³-hybridized carbons (Fsp3) is 0.278. The van der Waals surface area contributed by atoms with Crippen LogP contribution in [0.1, 0.15) is 73.5 Å². The van der Waals surface area contributed by atoms with Crippen LogP contribution in [0.15, 0.2) is 93.0 Å². The summed E-state index contributed by atoms with van der Waals surface area (Å²) < 4.78 is 0. The van der Waals surface area contributed by atoms with Gasteiger partial charge >= 0.3 is 0 Å². The minimum atomic E-state index is 0. The molecular formula is C36H48N6S. The van der Waals surface area contributed by atoms with Crippen molar-refractivity contribution in [3.63, 3.8) is 0 Å². The maximum absolute atomic E-state index is 4.24. The molecule has 43 heavy (non-hydrogen) atoms. The second-order valence-corrected chi connectivity index (χ2v) is 8.76. The average molecular weight is 597 g/mol. The van der Waals surface area contributed by atoms with Gasteiger partial charge in [0.05, 0.1) is 11.4 Å². The van der Waals surface area contributed by atoms with Gasteiger partial charge in [-0.2, -0.15) is 5.11 Å². The van der Waals surface area contributed by atoms with Crippen LogP contribution in [0.25, 0.3) is 11.1 Å². The van der Waals surface area contributed by atoms with Crippen LogP contribution in [0.5, 0.6) is 0 Å². The highest BCUT2D eigenvalue weighted by Gasteiger charge is 1.98. The summed E-state index contributed by atoms with van der Waals surface area (Å²) in [5.41, 5.74) is 6.43. The van der Waals surface area contributed by atoms with E-state index in [1.807, 2.05) is 83.1 Å². The molecule has 0 aliphatic heterocycles. The second-order valence-electron chi connectivity index (χ2n) is 7.60. The first-order chi connectivity index (χ1) is 19.0. The molecular weight excluding hydrogens is 549 g/mol. The number of rotatable bonds is 4. The SMILES string of the molecule is C.C.C.C.CC#Cc1ccc(C#CC)cc1.CC=Nc1ccc(-c2ccc(N=CC)cc2)cc1.CN=Nc1nnc(C)s1. The summed E-state index contributed by atoms with van der Waals surface area (Å²) in [6.07, 6.45) is 3.60. The van der Waals surface area contributed by atoms with Gasteiger partial charge < -0.3 is 0 Å². The van der Waals surface area contributed by atoms with Gasteiger partial charge in [-0.3, -0.25) is 9.98 Å². The third-order valence-electron chi connectivity index (χ3n) is 4.75. The van der Waals surface area contributed by atoms with Crippen molar-refractivity contribution in [2.24, 2.45) is 20.2 Å². The first-order valence-electron chi connectivity index (χ1n) is 12.3. The number of hydrogen-bond donors (Lipinski definition) is 0. The zero-order valence-electron chi connectivity index (χ0n) is 23.2. The summed E-state index contributed by atoms with van der Waals surface area (Å²) in [7, 11) is 1.61. The molecule has 0 saturated carbocycles. The van der Waals surface area contributed by atoms with E-state index in [1.54, 1.807) is 19.5 Å². The summed E-state index contributed by atoms with van der Waals surface area (Å²) in [6, 6.07) is 24.3. The van der Waals surface area contributed by atoms with Crippen LogP contribution in [0.2, 0.25) is 0 Å².